The largest absolute Gasteiger partial charge is 0.377 e. The molecule has 0 amide bonds. The van der Waals surface area contributed by atoms with Gasteiger partial charge in [-0.25, -0.2) is 0 Å². The Morgan fingerprint density at radius 2 is 1.86 bits per heavy atom. The van der Waals surface area contributed by atoms with Crippen molar-refractivity contribution in [1.82, 2.24) is 10.2 Å². The van der Waals surface area contributed by atoms with Gasteiger partial charge in [-0.15, -0.1) is 0 Å². The highest BCUT2D eigenvalue weighted by Gasteiger charge is 2.39. The van der Waals surface area contributed by atoms with Gasteiger partial charge in [0.15, 0.2) is 0 Å². The molecule has 1 saturated carbocycles. The van der Waals surface area contributed by atoms with Gasteiger partial charge < -0.3 is 10.1 Å². The monoisotopic (exact) mass is 296 g/mol. The van der Waals surface area contributed by atoms with Gasteiger partial charge in [0.25, 0.3) is 0 Å². The van der Waals surface area contributed by atoms with Crippen molar-refractivity contribution in [2.45, 2.75) is 83.9 Å². The molecule has 2 fully saturated rings. The Morgan fingerprint density at radius 3 is 2.48 bits per heavy atom. The number of ether oxygens (including phenoxy) is 1. The lowest BCUT2D eigenvalue weighted by molar-refractivity contribution is 0.00733. The topological polar surface area (TPSA) is 24.5 Å². The Kier molecular flexibility index (Phi) is 6.51. The van der Waals surface area contributed by atoms with E-state index in [0.717, 1.165) is 19.1 Å². The van der Waals surface area contributed by atoms with E-state index in [0.29, 0.717) is 17.7 Å². The average Bonchev–Trinajstić information content (AvgIpc) is 2.42. The van der Waals surface area contributed by atoms with Gasteiger partial charge >= 0.3 is 0 Å². The van der Waals surface area contributed by atoms with Gasteiger partial charge in [0, 0.05) is 31.2 Å². The number of nitrogens with one attached hydrogen (secondary N) is 1. The van der Waals surface area contributed by atoms with Crippen molar-refractivity contribution in [2.24, 2.45) is 5.92 Å². The van der Waals surface area contributed by atoms with Crippen LogP contribution in [0.15, 0.2) is 0 Å². The fourth-order valence-electron chi connectivity index (χ4n) is 4.04. The van der Waals surface area contributed by atoms with Crippen LogP contribution in [-0.4, -0.2) is 48.8 Å². The van der Waals surface area contributed by atoms with E-state index >= 15 is 0 Å². The summed E-state index contributed by atoms with van der Waals surface area (Å²) in [6.07, 6.45) is 8.60. The first kappa shape index (κ1) is 17.2. The Balaban J connectivity index is 1.93. The molecule has 1 unspecified atom stereocenters. The molecule has 2 rings (SSSR count). The minimum Gasteiger partial charge on any atom is -0.377 e. The van der Waals surface area contributed by atoms with Crippen molar-refractivity contribution >= 4 is 0 Å². The van der Waals surface area contributed by atoms with E-state index in [1.807, 2.05) is 0 Å². The lowest BCUT2D eigenvalue weighted by atomic mass is 9.79. The normalized spacial score (nSPS) is 26.9. The van der Waals surface area contributed by atoms with Crippen LogP contribution in [0.25, 0.3) is 0 Å². The van der Waals surface area contributed by atoms with Crippen LogP contribution in [0.4, 0.5) is 0 Å². The lowest BCUT2D eigenvalue weighted by Gasteiger charge is -2.50. The maximum Gasteiger partial charge on any atom is 0.0597 e. The molecule has 124 valence electrons. The smallest absolute Gasteiger partial charge is 0.0597 e. The first-order valence-electron chi connectivity index (χ1n) is 9.11. The maximum absolute atomic E-state index is 5.81. The van der Waals surface area contributed by atoms with Crippen LogP contribution in [-0.2, 0) is 4.74 Å². The zero-order valence-electron chi connectivity index (χ0n) is 14.7. The summed E-state index contributed by atoms with van der Waals surface area (Å²) in [5.41, 5.74) is 0.406. The van der Waals surface area contributed by atoms with Crippen LogP contribution in [0.5, 0.6) is 0 Å². The van der Waals surface area contributed by atoms with Crippen molar-refractivity contribution in [3.8, 4) is 0 Å². The molecule has 2 aliphatic rings. The van der Waals surface area contributed by atoms with Gasteiger partial charge in [-0.1, -0.05) is 33.1 Å². The predicted molar refractivity (Wildman–Crippen MR) is 89.7 cm³/mol. The fourth-order valence-corrected chi connectivity index (χ4v) is 4.04. The molecule has 1 heterocycles. The molecule has 0 radical (unpaired) electrons. The maximum atomic E-state index is 5.81. The van der Waals surface area contributed by atoms with E-state index < -0.39 is 0 Å². The summed E-state index contributed by atoms with van der Waals surface area (Å²) >= 11 is 0. The highest BCUT2D eigenvalue weighted by atomic mass is 16.5. The summed E-state index contributed by atoms with van der Waals surface area (Å²) in [4.78, 5) is 2.73. The van der Waals surface area contributed by atoms with Gasteiger partial charge in [0.05, 0.1) is 12.7 Å². The molecule has 0 aromatic rings. The summed E-state index contributed by atoms with van der Waals surface area (Å²) in [6.45, 7) is 13.3. The van der Waals surface area contributed by atoms with E-state index in [1.165, 1.54) is 51.6 Å². The van der Waals surface area contributed by atoms with Crippen molar-refractivity contribution in [3.63, 3.8) is 0 Å². The Hall–Kier alpha value is -0.120. The molecule has 0 aromatic carbocycles. The van der Waals surface area contributed by atoms with Gasteiger partial charge in [-0.05, 0) is 39.0 Å². The highest BCUT2D eigenvalue weighted by Crippen LogP contribution is 2.32. The van der Waals surface area contributed by atoms with Gasteiger partial charge in [0.1, 0.15) is 0 Å². The molecule has 1 N–H and O–H groups in total. The quantitative estimate of drug-likeness (QED) is 0.812. The predicted octanol–water partition coefficient (Wildman–Crippen LogP) is 3.43. The van der Waals surface area contributed by atoms with Crippen LogP contribution in [0.1, 0.15) is 66.2 Å². The second kappa shape index (κ2) is 7.94. The lowest BCUT2D eigenvalue weighted by Crippen LogP contribution is -2.65. The molecule has 0 aromatic heterocycles. The van der Waals surface area contributed by atoms with Crippen molar-refractivity contribution in [3.05, 3.63) is 0 Å². The van der Waals surface area contributed by atoms with Crippen LogP contribution in [0.3, 0.4) is 0 Å². The van der Waals surface area contributed by atoms with Gasteiger partial charge in [-0.3, -0.25) is 4.90 Å². The number of nitrogens with zero attached hydrogens (tertiary/aromatic N) is 1. The Morgan fingerprint density at radius 1 is 1.14 bits per heavy atom. The summed E-state index contributed by atoms with van der Waals surface area (Å²) in [5, 5.41) is 3.94. The van der Waals surface area contributed by atoms with E-state index in [1.54, 1.807) is 0 Å². The first-order valence-corrected chi connectivity index (χ1v) is 9.11. The molecular formula is C18H36N2O. The summed E-state index contributed by atoms with van der Waals surface area (Å²) < 4.78 is 5.81. The van der Waals surface area contributed by atoms with E-state index in [-0.39, 0.29) is 0 Å². The van der Waals surface area contributed by atoms with E-state index in [9.17, 15) is 0 Å². The Bertz CT molecular complexity index is 298. The molecule has 3 nitrogen and oxygen atoms in total. The zero-order chi connectivity index (χ0) is 15.3. The standard InChI is InChI=1S/C18H36N2O/c1-15(2)12-17-13-19-18(8-6-5-7-9-18)14-20(17)10-11-21-16(3)4/h15-17,19H,5-14H2,1-4H3. The third-order valence-electron chi connectivity index (χ3n) is 5.12. The third-order valence-corrected chi connectivity index (χ3v) is 5.12. The second-order valence-electron chi connectivity index (χ2n) is 7.90. The van der Waals surface area contributed by atoms with E-state index in [4.69, 9.17) is 4.74 Å². The fraction of sp³-hybridized carbons (Fsp3) is 1.00. The summed E-state index contributed by atoms with van der Waals surface area (Å²) in [7, 11) is 0. The van der Waals surface area contributed by atoms with Crippen LogP contribution in [0, 0.1) is 5.92 Å². The molecule has 1 aliphatic carbocycles. The molecular weight excluding hydrogens is 260 g/mol. The number of hydrogen-bond acceptors (Lipinski definition) is 3. The zero-order valence-corrected chi connectivity index (χ0v) is 14.7. The number of hydrogen-bond donors (Lipinski definition) is 1. The highest BCUT2D eigenvalue weighted by molar-refractivity contribution is 4.99. The van der Waals surface area contributed by atoms with Crippen molar-refractivity contribution in [2.75, 3.05) is 26.2 Å². The minimum atomic E-state index is 0.347. The summed E-state index contributed by atoms with van der Waals surface area (Å²) in [5.74, 6) is 0.769. The molecule has 1 aliphatic heterocycles. The van der Waals surface area contributed by atoms with Gasteiger partial charge in [0.2, 0.25) is 0 Å². The van der Waals surface area contributed by atoms with E-state index in [2.05, 4.69) is 37.9 Å². The average molecular weight is 296 g/mol. The molecule has 1 atom stereocenters. The minimum absolute atomic E-state index is 0.347. The van der Waals surface area contributed by atoms with Crippen molar-refractivity contribution in [1.29, 1.82) is 0 Å². The molecule has 0 bridgehead atoms. The van der Waals surface area contributed by atoms with Gasteiger partial charge in [-0.2, -0.15) is 0 Å². The van der Waals surface area contributed by atoms with Crippen LogP contribution < -0.4 is 5.32 Å². The molecule has 3 heteroatoms. The molecule has 21 heavy (non-hydrogen) atoms. The number of piperazine rings is 1. The second-order valence-corrected chi connectivity index (χ2v) is 7.90. The molecule has 1 saturated heterocycles. The third kappa shape index (κ3) is 5.22. The van der Waals surface area contributed by atoms with Crippen LogP contribution in [0.2, 0.25) is 0 Å². The Labute approximate surface area is 131 Å². The SMILES string of the molecule is CC(C)CC1CNC2(CCCCC2)CN1CCOC(C)C. The number of rotatable bonds is 6. The van der Waals surface area contributed by atoms with Crippen molar-refractivity contribution < 1.29 is 4.74 Å². The van der Waals surface area contributed by atoms with Crippen LogP contribution >= 0.6 is 0 Å². The summed E-state index contributed by atoms with van der Waals surface area (Å²) in [6, 6.07) is 0.688. The molecule has 1 spiro atoms. The first-order chi connectivity index (χ1) is 10.0.